The zero-order valence-electron chi connectivity index (χ0n) is 7.32. The molecule has 0 unspecified atom stereocenters. The molecule has 0 spiro atoms. The number of alkyl halides is 3. The summed E-state index contributed by atoms with van der Waals surface area (Å²) in [4.78, 5) is 0.728. The molecule has 0 heterocycles. The van der Waals surface area contributed by atoms with E-state index in [0.29, 0.717) is 0 Å². The van der Waals surface area contributed by atoms with Gasteiger partial charge in [-0.25, -0.2) is 0 Å². The van der Waals surface area contributed by atoms with Gasteiger partial charge < -0.3 is 27.5 Å². The molecule has 0 fully saturated rings. The van der Waals surface area contributed by atoms with Gasteiger partial charge in [-0.05, 0) is 0 Å². The van der Waals surface area contributed by atoms with Crippen LogP contribution in [0.4, 0.5) is 13.2 Å². The third kappa shape index (κ3) is 5.30. The van der Waals surface area contributed by atoms with E-state index in [1.54, 1.807) is 14.1 Å². The minimum Gasteiger partial charge on any atom is -1.00 e. The van der Waals surface area contributed by atoms with Crippen molar-refractivity contribution in [3.8, 4) is 0 Å². The SMILES string of the molecule is C[NH+](C)CCC(O)(O)C(F)(F)F.[Cl-]. The average Bonchev–Trinajstić information content (AvgIpc) is 1.81. The highest BCUT2D eigenvalue weighted by Gasteiger charge is 2.52. The van der Waals surface area contributed by atoms with Crippen LogP contribution in [0.1, 0.15) is 6.42 Å². The summed E-state index contributed by atoms with van der Waals surface area (Å²) in [6, 6.07) is 0. The van der Waals surface area contributed by atoms with Crippen LogP contribution in [0.2, 0.25) is 0 Å². The molecular weight excluding hydrogens is 211 g/mol. The summed E-state index contributed by atoms with van der Waals surface area (Å²) in [5, 5.41) is 17.0. The maximum Gasteiger partial charge on any atom is 0.443 e. The van der Waals surface area contributed by atoms with E-state index in [-0.39, 0.29) is 19.0 Å². The molecular formula is C6H13ClF3NO2. The summed E-state index contributed by atoms with van der Waals surface area (Å²) in [5.74, 6) is -3.55. The van der Waals surface area contributed by atoms with E-state index < -0.39 is 18.4 Å². The van der Waals surface area contributed by atoms with Crippen LogP contribution in [0.15, 0.2) is 0 Å². The van der Waals surface area contributed by atoms with Crippen LogP contribution in [-0.2, 0) is 0 Å². The minimum atomic E-state index is -4.97. The predicted molar refractivity (Wildman–Crippen MR) is 35.5 cm³/mol. The highest BCUT2D eigenvalue weighted by atomic mass is 35.5. The monoisotopic (exact) mass is 223 g/mol. The topological polar surface area (TPSA) is 44.9 Å². The molecule has 3 nitrogen and oxygen atoms in total. The molecule has 0 aromatic rings. The van der Waals surface area contributed by atoms with Gasteiger partial charge in [0.25, 0.3) is 5.79 Å². The molecule has 0 aliphatic carbocycles. The minimum absolute atomic E-state index is 0. The van der Waals surface area contributed by atoms with Gasteiger partial charge >= 0.3 is 6.18 Å². The van der Waals surface area contributed by atoms with Crippen molar-refractivity contribution in [2.45, 2.75) is 18.4 Å². The fourth-order valence-corrected chi connectivity index (χ4v) is 0.566. The normalized spacial score (nSPS) is 12.9. The summed E-state index contributed by atoms with van der Waals surface area (Å²) >= 11 is 0. The molecule has 0 saturated heterocycles. The van der Waals surface area contributed by atoms with Gasteiger partial charge in [-0.15, -0.1) is 0 Å². The molecule has 0 saturated carbocycles. The second-order valence-corrected chi connectivity index (χ2v) is 3.02. The van der Waals surface area contributed by atoms with Gasteiger partial charge in [0.2, 0.25) is 0 Å². The van der Waals surface area contributed by atoms with E-state index in [0.717, 1.165) is 4.90 Å². The number of nitrogens with one attached hydrogen (secondary N) is 1. The molecule has 0 bridgehead atoms. The smallest absolute Gasteiger partial charge is 0.443 e. The van der Waals surface area contributed by atoms with Crippen molar-refractivity contribution in [1.82, 2.24) is 0 Å². The number of aliphatic hydroxyl groups is 2. The molecule has 0 aromatic heterocycles. The molecule has 0 radical (unpaired) electrons. The van der Waals surface area contributed by atoms with Gasteiger partial charge in [-0.1, -0.05) is 0 Å². The van der Waals surface area contributed by atoms with Gasteiger partial charge in [0, 0.05) is 0 Å². The second-order valence-electron chi connectivity index (χ2n) is 3.02. The maximum atomic E-state index is 11.8. The van der Waals surface area contributed by atoms with Crippen molar-refractivity contribution in [1.29, 1.82) is 0 Å². The Bertz CT molecular complexity index is 149. The Labute approximate surface area is 80.6 Å². The van der Waals surface area contributed by atoms with Crippen LogP contribution >= 0.6 is 0 Å². The van der Waals surface area contributed by atoms with Gasteiger partial charge in [0.05, 0.1) is 27.1 Å². The van der Waals surface area contributed by atoms with E-state index in [9.17, 15) is 13.2 Å². The van der Waals surface area contributed by atoms with Crippen molar-refractivity contribution in [2.75, 3.05) is 20.6 Å². The number of quaternary nitrogens is 1. The summed E-state index contributed by atoms with van der Waals surface area (Å²) < 4.78 is 35.3. The van der Waals surface area contributed by atoms with E-state index in [1.807, 2.05) is 0 Å². The Morgan fingerprint density at radius 2 is 1.54 bits per heavy atom. The highest BCUT2D eigenvalue weighted by Crippen LogP contribution is 2.29. The van der Waals surface area contributed by atoms with Crippen LogP contribution in [-0.4, -0.2) is 42.8 Å². The van der Waals surface area contributed by atoms with Crippen LogP contribution in [0.3, 0.4) is 0 Å². The lowest BCUT2D eigenvalue weighted by atomic mass is 10.2. The fourth-order valence-electron chi connectivity index (χ4n) is 0.566. The molecule has 0 amide bonds. The Morgan fingerprint density at radius 1 is 1.15 bits per heavy atom. The van der Waals surface area contributed by atoms with E-state index >= 15 is 0 Å². The molecule has 13 heavy (non-hydrogen) atoms. The lowest BCUT2D eigenvalue weighted by Gasteiger charge is -2.24. The summed E-state index contributed by atoms with van der Waals surface area (Å²) in [6.45, 7) is 0.0481. The highest BCUT2D eigenvalue weighted by molar-refractivity contribution is 4.72. The second kappa shape index (κ2) is 4.99. The van der Waals surface area contributed by atoms with E-state index in [2.05, 4.69) is 0 Å². The first-order chi connectivity index (χ1) is 5.17. The molecule has 0 rings (SSSR count). The van der Waals surface area contributed by atoms with Gasteiger partial charge in [0.1, 0.15) is 0 Å². The number of hydrogen-bond donors (Lipinski definition) is 3. The zero-order valence-corrected chi connectivity index (χ0v) is 8.08. The van der Waals surface area contributed by atoms with Gasteiger partial charge in [-0.2, -0.15) is 13.2 Å². The van der Waals surface area contributed by atoms with Crippen molar-refractivity contribution >= 4 is 0 Å². The summed E-state index contributed by atoms with van der Waals surface area (Å²) in [7, 11) is 3.26. The largest absolute Gasteiger partial charge is 1.00 e. The molecule has 0 aliphatic heterocycles. The number of rotatable bonds is 3. The van der Waals surface area contributed by atoms with E-state index in [4.69, 9.17) is 10.2 Å². The Balaban J connectivity index is 0. The quantitative estimate of drug-likeness (QED) is 0.425. The lowest BCUT2D eigenvalue weighted by Crippen LogP contribution is -3.06. The predicted octanol–water partition coefficient (Wildman–Crippen LogP) is -4.23. The first kappa shape index (κ1) is 15.4. The Hall–Kier alpha value is -0.0400. The van der Waals surface area contributed by atoms with Crippen LogP contribution in [0.5, 0.6) is 0 Å². The summed E-state index contributed by atoms with van der Waals surface area (Å²) in [6.07, 6.45) is -5.68. The first-order valence-electron chi connectivity index (χ1n) is 3.47. The van der Waals surface area contributed by atoms with Gasteiger partial charge in [0.15, 0.2) is 0 Å². The summed E-state index contributed by atoms with van der Waals surface area (Å²) in [5.41, 5.74) is 0. The third-order valence-electron chi connectivity index (χ3n) is 1.43. The maximum absolute atomic E-state index is 11.8. The van der Waals surface area contributed by atoms with Crippen LogP contribution in [0.25, 0.3) is 0 Å². The average molecular weight is 224 g/mol. The molecule has 3 N–H and O–H groups in total. The first-order valence-corrected chi connectivity index (χ1v) is 3.47. The Morgan fingerprint density at radius 3 is 1.77 bits per heavy atom. The molecule has 7 heteroatoms. The van der Waals surface area contributed by atoms with Crippen molar-refractivity contribution in [3.63, 3.8) is 0 Å². The fraction of sp³-hybridized carbons (Fsp3) is 1.00. The van der Waals surface area contributed by atoms with Gasteiger partial charge in [-0.3, -0.25) is 0 Å². The molecule has 0 aliphatic rings. The van der Waals surface area contributed by atoms with Crippen molar-refractivity contribution in [3.05, 3.63) is 0 Å². The van der Waals surface area contributed by atoms with Crippen molar-refractivity contribution < 1.29 is 40.7 Å². The number of hydrogen-bond acceptors (Lipinski definition) is 2. The number of halogens is 4. The third-order valence-corrected chi connectivity index (χ3v) is 1.43. The zero-order chi connectivity index (χ0) is 9.99. The molecule has 0 aromatic carbocycles. The van der Waals surface area contributed by atoms with Crippen LogP contribution < -0.4 is 17.3 Å². The lowest BCUT2D eigenvalue weighted by molar-refractivity contribution is -0.860. The molecule has 0 atom stereocenters. The Kier molecular flexibility index (Phi) is 5.93. The van der Waals surface area contributed by atoms with Crippen molar-refractivity contribution in [2.24, 2.45) is 0 Å². The van der Waals surface area contributed by atoms with E-state index in [1.165, 1.54) is 0 Å². The van der Waals surface area contributed by atoms with Crippen LogP contribution in [0, 0.1) is 0 Å². The standard InChI is InChI=1S/C6H12F3NO2.ClH/c1-10(2)4-3-5(11,12)6(7,8)9;/h11-12H,3-4H2,1-2H3;1H. The molecule has 82 valence electrons.